The van der Waals surface area contributed by atoms with Crippen LogP contribution in [-0.4, -0.2) is 20.9 Å². The normalized spacial score (nSPS) is 11.0. The summed E-state index contributed by atoms with van der Waals surface area (Å²) in [5.74, 6) is -0.565. The fourth-order valence-corrected chi connectivity index (χ4v) is 1.66. The first-order valence-electron chi connectivity index (χ1n) is 5.41. The highest BCUT2D eigenvalue weighted by Crippen LogP contribution is 2.22. The van der Waals surface area contributed by atoms with Crippen LogP contribution in [-0.2, 0) is 6.54 Å². The summed E-state index contributed by atoms with van der Waals surface area (Å²) in [5.41, 5.74) is 1.34. The first-order chi connectivity index (χ1) is 8.08. The highest BCUT2D eigenvalue weighted by molar-refractivity contribution is 5.94. The zero-order valence-electron chi connectivity index (χ0n) is 9.75. The smallest absolute Gasteiger partial charge is 0.339 e. The van der Waals surface area contributed by atoms with Gasteiger partial charge in [0.1, 0.15) is 11.3 Å². The van der Waals surface area contributed by atoms with Crippen LogP contribution in [0.4, 0.5) is 0 Å². The number of hydrogen-bond donors (Lipinski definition) is 1. The van der Waals surface area contributed by atoms with Crippen molar-refractivity contribution in [3.8, 4) is 11.3 Å². The molecule has 0 atom stereocenters. The lowest BCUT2D eigenvalue weighted by molar-refractivity contribution is 0.0697. The van der Waals surface area contributed by atoms with Crippen molar-refractivity contribution in [2.45, 2.75) is 20.4 Å². The Morgan fingerprint density at radius 1 is 1.59 bits per heavy atom. The van der Waals surface area contributed by atoms with Gasteiger partial charge >= 0.3 is 5.97 Å². The van der Waals surface area contributed by atoms with E-state index in [0.29, 0.717) is 23.7 Å². The Kier molecular flexibility index (Phi) is 2.99. The Bertz CT molecular complexity index is 512. The van der Waals surface area contributed by atoms with Gasteiger partial charge in [0.2, 0.25) is 0 Å². The Morgan fingerprint density at radius 2 is 2.35 bits per heavy atom. The molecule has 0 spiro atoms. The van der Waals surface area contributed by atoms with E-state index in [1.54, 1.807) is 16.9 Å². The van der Waals surface area contributed by atoms with Crippen LogP contribution in [0.5, 0.6) is 0 Å². The average Bonchev–Trinajstić information content (AvgIpc) is 2.82. The zero-order chi connectivity index (χ0) is 12.4. The molecule has 0 radical (unpaired) electrons. The van der Waals surface area contributed by atoms with Crippen molar-refractivity contribution in [3.63, 3.8) is 0 Å². The predicted octanol–water partition coefficient (Wildman–Crippen LogP) is 2.50. The van der Waals surface area contributed by atoms with Crippen molar-refractivity contribution in [2.24, 2.45) is 5.92 Å². The molecule has 2 aromatic rings. The molecule has 0 unspecified atom stereocenters. The van der Waals surface area contributed by atoms with Gasteiger partial charge in [0.05, 0.1) is 12.5 Å². The highest BCUT2D eigenvalue weighted by Gasteiger charge is 2.18. The molecular formula is C12H14N2O3. The number of rotatable bonds is 4. The quantitative estimate of drug-likeness (QED) is 0.882. The molecule has 0 aliphatic heterocycles. The number of carboxylic acid groups (broad SMARTS) is 1. The molecular weight excluding hydrogens is 220 g/mol. The topological polar surface area (TPSA) is 68.3 Å². The fraction of sp³-hybridized carbons (Fsp3) is 0.333. The third-order valence-corrected chi connectivity index (χ3v) is 2.34. The Balaban J connectivity index is 2.43. The molecule has 17 heavy (non-hydrogen) atoms. The van der Waals surface area contributed by atoms with Gasteiger partial charge in [0, 0.05) is 18.3 Å². The number of aromatic carboxylic acids is 1. The summed E-state index contributed by atoms with van der Waals surface area (Å²) in [7, 11) is 0. The first kappa shape index (κ1) is 11.4. The molecule has 0 amide bonds. The van der Waals surface area contributed by atoms with E-state index in [9.17, 15) is 4.79 Å². The number of hydrogen-bond acceptors (Lipinski definition) is 3. The lowest BCUT2D eigenvalue weighted by Crippen LogP contribution is -2.04. The molecule has 0 fully saturated rings. The minimum absolute atomic E-state index is 0.201. The molecule has 2 heterocycles. The van der Waals surface area contributed by atoms with Crippen molar-refractivity contribution in [2.75, 3.05) is 0 Å². The molecule has 0 saturated carbocycles. The molecule has 2 rings (SSSR count). The van der Waals surface area contributed by atoms with Crippen molar-refractivity contribution >= 4 is 5.97 Å². The fourth-order valence-electron chi connectivity index (χ4n) is 1.66. The van der Waals surface area contributed by atoms with E-state index in [4.69, 9.17) is 9.52 Å². The van der Waals surface area contributed by atoms with E-state index in [1.807, 2.05) is 0 Å². The van der Waals surface area contributed by atoms with Gasteiger partial charge in [0.15, 0.2) is 0 Å². The summed E-state index contributed by atoms with van der Waals surface area (Å²) in [4.78, 5) is 11.1. The Labute approximate surface area is 98.7 Å². The number of aromatic nitrogens is 2. The SMILES string of the molecule is CC(C)Cn1cc(C(=O)O)c(-c2ccoc2)n1. The second-order valence-corrected chi connectivity index (χ2v) is 4.32. The average molecular weight is 234 g/mol. The van der Waals surface area contributed by atoms with Gasteiger partial charge in [-0.15, -0.1) is 0 Å². The molecule has 0 saturated heterocycles. The zero-order valence-corrected chi connectivity index (χ0v) is 9.75. The minimum atomic E-state index is -0.976. The minimum Gasteiger partial charge on any atom is -0.478 e. The largest absolute Gasteiger partial charge is 0.478 e. The lowest BCUT2D eigenvalue weighted by atomic mass is 10.1. The van der Waals surface area contributed by atoms with Crippen molar-refractivity contribution in [3.05, 3.63) is 30.4 Å². The summed E-state index contributed by atoms with van der Waals surface area (Å²) in [6, 6.07) is 1.70. The van der Waals surface area contributed by atoms with Crippen LogP contribution >= 0.6 is 0 Å². The standard InChI is InChI=1S/C12H14N2O3/c1-8(2)5-14-6-10(12(15)16)11(13-14)9-3-4-17-7-9/h3-4,6-8H,5H2,1-2H3,(H,15,16). The van der Waals surface area contributed by atoms with Gasteiger partial charge in [-0.1, -0.05) is 13.8 Å². The number of carbonyl (C=O) groups is 1. The molecule has 5 nitrogen and oxygen atoms in total. The van der Waals surface area contributed by atoms with Crippen LogP contribution in [0, 0.1) is 5.92 Å². The summed E-state index contributed by atoms with van der Waals surface area (Å²) in [6.45, 7) is 4.80. The van der Waals surface area contributed by atoms with Crippen LogP contribution in [0.3, 0.4) is 0 Å². The predicted molar refractivity (Wildman–Crippen MR) is 61.7 cm³/mol. The second-order valence-electron chi connectivity index (χ2n) is 4.32. The maximum atomic E-state index is 11.1. The van der Waals surface area contributed by atoms with Crippen LogP contribution in [0.25, 0.3) is 11.3 Å². The molecule has 0 aliphatic carbocycles. The van der Waals surface area contributed by atoms with E-state index in [-0.39, 0.29) is 5.56 Å². The van der Waals surface area contributed by atoms with Gasteiger partial charge in [0.25, 0.3) is 0 Å². The Morgan fingerprint density at radius 3 is 2.88 bits per heavy atom. The van der Waals surface area contributed by atoms with Crippen molar-refractivity contribution < 1.29 is 14.3 Å². The lowest BCUT2D eigenvalue weighted by Gasteiger charge is -2.03. The van der Waals surface area contributed by atoms with Crippen LogP contribution in [0.15, 0.2) is 29.2 Å². The molecule has 0 aromatic carbocycles. The molecule has 90 valence electrons. The molecule has 0 aliphatic rings. The second kappa shape index (κ2) is 4.45. The van der Waals surface area contributed by atoms with Crippen molar-refractivity contribution in [1.29, 1.82) is 0 Å². The summed E-state index contributed by atoms with van der Waals surface area (Å²) in [6.07, 6.45) is 4.56. The van der Waals surface area contributed by atoms with Gasteiger partial charge in [-0.3, -0.25) is 4.68 Å². The summed E-state index contributed by atoms with van der Waals surface area (Å²) < 4.78 is 6.61. The van der Waals surface area contributed by atoms with Crippen LogP contribution in [0.2, 0.25) is 0 Å². The van der Waals surface area contributed by atoms with Crippen LogP contribution in [0.1, 0.15) is 24.2 Å². The highest BCUT2D eigenvalue weighted by atomic mass is 16.4. The number of furan rings is 1. The summed E-state index contributed by atoms with van der Waals surface area (Å²) >= 11 is 0. The van der Waals surface area contributed by atoms with E-state index in [2.05, 4.69) is 18.9 Å². The van der Waals surface area contributed by atoms with E-state index in [0.717, 1.165) is 0 Å². The van der Waals surface area contributed by atoms with E-state index >= 15 is 0 Å². The molecule has 2 aromatic heterocycles. The van der Waals surface area contributed by atoms with Gasteiger partial charge in [-0.05, 0) is 12.0 Å². The van der Waals surface area contributed by atoms with Gasteiger partial charge < -0.3 is 9.52 Å². The summed E-state index contributed by atoms with van der Waals surface area (Å²) in [5, 5.41) is 13.4. The van der Waals surface area contributed by atoms with Gasteiger partial charge in [-0.25, -0.2) is 4.79 Å². The maximum absolute atomic E-state index is 11.1. The third-order valence-electron chi connectivity index (χ3n) is 2.34. The first-order valence-corrected chi connectivity index (χ1v) is 5.41. The number of nitrogens with zero attached hydrogens (tertiary/aromatic N) is 2. The molecule has 0 bridgehead atoms. The van der Waals surface area contributed by atoms with E-state index in [1.165, 1.54) is 12.5 Å². The van der Waals surface area contributed by atoms with Crippen LogP contribution < -0.4 is 0 Å². The van der Waals surface area contributed by atoms with Crippen molar-refractivity contribution in [1.82, 2.24) is 9.78 Å². The number of carboxylic acids is 1. The van der Waals surface area contributed by atoms with Gasteiger partial charge in [-0.2, -0.15) is 5.10 Å². The molecule has 5 heteroatoms. The monoisotopic (exact) mass is 234 g/mol. The Hall–Kier alpha value is -2.04. The third kappa shape index (κ3) is 2.38. The maximum Gasteiger partial charge on any atom is 0.339 e. The van der Waals surface area contributed by atoms with E-state index < -0.39 is 5.97 Å². The molecule has 1 N–H and O–H groups in total.